The van der Waals surface area contributed by atoms with Crippen molar-refractivity contribution < 1.29 is 14.6 Å². The topological polar surface area (TPSA) is 38.7 Å². The van der Waals surface area contributed by atoms with Gasteiger partial charge in [-0.3, -0.25) is 0 Å². The van der Waals surface area contributed by atoms with Gasteiger partial charge in [-0.1, -0.05) is 6.58 Å². The van der Waals surface area contributed by atoms with E-state index in [-0.39, 0.29) is 24.1 Å². The van der Waals surface area contributed by atoms with Gasteiger partial charge in [0.1, 0.15) is 0 Å². The Morgan fingerprint density at radius 1 is 1.33 bits per heavy atom. The summed E-state index contributed by atoms with van der Waals surface area (Å²) in [5.74, 6) is 0. The van der Waals surface area contributed by atoms with Gasteiger partial charge in [-0.15, -0.1) is 0 Å². The van der Waals surface area contributed by atoms with Gasteiger partial charge in [0.15, 0.2) is 6.29 Å². The Hall–Kier alpha value is -0.380. The average molecular weight is 214 g/mol. The van der Waals surface area contributed by atoms with Crippen molar-refractivity contribution in [2.45, 2.75) is 58.0 Å². The Balaban J connectivity index is 2.75. The molecule has 3 nitrogen and oxygen atoms in total. The van der Waals surface area contributed by atoms with E-state index >= 15 is 0 Å². The van der Waals surface area contributed by atoms with Crippen LogP contribution in [0.1, 0.15) is 40.5 Å². The van der Waals surface area contributed by atoms with E-state index in [0.29, 0.717) is 0 Å². The van der Waals surface area contributed by atoms with E-state index in [1.54, 1.807) is 0 Å². The standard InChI is InChI=1S/C12H22O3/c1-9(2)10-14-11(3,4)12(5,15-10)7-6-8-13/h10,13H,1,6-8H2,2-5H3. The van der Waals surface area contributed by atoms with Crippen LogP contribution in [0.2, 0.25) is 0 Å². The predicted octanol–water partition coefficient (Wildman–Crippen LogP) is 2.25. The summed E-state index contributed by atoms with van der Waals surface area (Å²) >= 11 is 0. The molecule has 88 valence electrons. The molecule has 1 N–H and O–H groups in total. The molecule has 0 amide bonds. The number of aliphatic hydroxyl groups is 1. The van der Waals surface area contributed by atoms with E-state index in [1.165, 1.54) is 0 Å². The van der Waals surface area contributed by atoms with Crippen LogP contribution in [0.4, 0.5) is 0 Å². The minimum absolute atomic E-state index is 0.187. The monoisotopic (exact) mass is 214 g/mol. The molecule has 0 aliphatic carbocycles. The fraction of sp³-hybridized carbons (Fsp3) is 0.833. The van der Waals surface area contributed by atoms with Gasteiger partial charge in [0.2, 0.25) is 0 Å². The molecule has 0 aromatic carbocycles. The highest BCUT2D eigenvalue weighted by Gasteiger charge is 2.51. The van der Waals surface area contributed by atoms with Crippen LogP contribution in [0, 0.1) is 0 Å². The number of hydrogen-bond donors (Lipinski definition) is 1. The maximum atomic E-state index is 8.87. The van der Waals surface area contributed by atoms with E-state index in [4.69, 9.17) is 14.6 Å². The first kappa shape index (κ1) is 12.7. The Morgan fingerprint density at radius 2 is 1.93 bits per heavy atom. The molecular formula is C12H22O3. The third-order valence-corrected chi connectivity index (χ3v) is 3.26. The lowest BCUT2D eigenvalue weighted by molar-refractivity contribution is -0.0637. The van der Waals surface area contributed by atoms with E-state index in [2.05, 4.69) is 6.58 Å². The molecule has 1 fully saturated rings. The first-order valence-corrected chi connectivity index (χ1v) is 5.44. The van der Waals surface area contributed by atoms with Crippen molar-refractivity contribution in [3.05, 3.63) is 12.2 Å². The molecule has 0 radical (unpaired) electrons. The summed E-state index contributed by atoms with van der Waals surface area (Å²) in [5.41, 5.74) is 0.196. The normalized spacial score (nSPS) is 34.3. The lowest BCUT2D eigenvalue weighted by Crippen LogP contribution is -2.44. The van der Waals surface area contributed by atoms with Crippen LogP contribution in [0.5, 0.6) is 0 Å². The van der Waals surface area contributed by atoms with Gasteiger partial charge >= 0.3 is 0 Å². The Kier molecular flexibility index (Phi) is 3.59. The molecule has 0 aromatic rings. The second kappa shape index (κ2) is 4.24. The molecule has 0 bridgehead atoms. The molecule has 1 saturated heterocycles. The van der Waals surface area contributed by atoms with Gasteiger partial charge in [0, 0.05) is 6.61 Å². The van der Waals surface area contributed by atoms with Crippen LogP contribution < -0.4 is 0 Å². The van der Waals surface area contributed by atoms with E-state index < -0.39 is 0 Å². The number of rotatable bonds is 4. The van der Waals surface area contributed by atoms with Crippen LogP contribution in [-0.4, -0.2) is 29.2 Å². The summed E-state index contributed by atoms with van der Waals surface area (Å²) in [6.45, 7) is 12.0. The quantitative estimate of drug-likeness (QED) is 0.729. The van der Waals surface area contributed by atoms with Crippen LogP contribution in [0.25, 0.3) is 0 Å². The van der Waals surface area contributed by atoms with Gasteiger partial charge in [0.05, 0.1) is 11.2 Å². The first-order chi connectivity index (χ1) is 6.82. The summed E-state index contributed by atoms with van der Waals surface area (Å²) in [4.78, 5) is 0. The minimum Gasteiger partial charge on any atom is -0.396 e. The fourth-order valence-corrected chi connectivity index (χ4v) is 1.77. The zero-order chi connectivity index (χ0) is 11.7. The van der Waals surface area contributed by atoms with Crippen molar-refractivity contribution in [2.75, 3.05) is 6.61 Å². The Bertz CT molecular complexity index is 247. The fourth-order valence-electron chi connectivity index (χ4n) is 1.77. The molecule has 0 spiro atoms. The summed E-state index contributed by atoms with van der Waals surface area (Å²) in [6, 6.07) is 0. The molecule has 3 heteroatoms. The third kappa shape index (κ3) is 2.41. The zero-order valence-corrected chi connectivity index (χ0v) is 10.2. The molecule has 0 saturated carbocycles. The van der Waals surface area contributed by atoms with Crippen LogP contribution in [0.3, 0.4) is 0 Å². The molecule has 2 unspecified atom stereocenters. The van der Waals surface area contributed by atoms with Gasteiger partial charge < -0.3 is 14.6 Å². The summed E-state index contributed by atoms with van der Waals surface area (Å²) in [6.07, 6.45) is 1.20. The number of hydrogen-bond acceptors (Lipinski definition) is 3. The van der Waals surface area contributed by atoms with Crippen molar-refractivity contribution in [3.63, 3.8) is 0 Å². The number of ether oxygens (including phenoxy) is 2. The van der Waals surface area contributed by atoms with Gasteiger partial charge in [-0.25, -0.2) is 0 Å². The lowest BCUT2D eigenvalue weighted by atomic mass is 9.84. The molecular weight excluding hydrogens is 192 g/mol. The van der Waals surface area contributed by atoms with Crippen LogP contribution >= 0.6 is 0 Å². The first-order valence-electron chi connectivity index (χ1n) is 5.44. The van der Waals surface area contributed by atoms with Gasteiger partial charge in [0.25, 0.3) is 0 Å². The maximum Gasteiger partial charge on any atom is 0.180 e. The second-order valence-corrected chi connectivity index (χ2v) is 4.98. The number of aliphatic hydroxyl groups excluding tert-OH is 1. The summed E-state index contributed by atoms with van der Waals surface area (Å²) in [7, 11) is 0. The van der Waals surface area contributed by atoms with Crippen molar-refractivity contribution >= 4 is 0 Å². The average Bonchev–Trinajstić information content (AvgIpc) is 2.35. The zero-order valence-electron chi connectivity index (χ0n) is 10.2. The van der Waals surface area contributed by atoms with Gasteiger partial charge in [-0.05, 0) is 46.1 Å². The Labute approximate surface area is 92.1 Å². The maximum absolute atomic E-state index is 8.87. The third-order valence-electron chi connectivity index (χ3n) is 3.26. The van der Waals surface area contributed by atoms with Crippen molar-refractivity contribution in [1.29, 1.82) is 0 Å². The highest BCUT2D eigenvalue weighted by Crippen LogP contribution is 2.43. The molecule has 1 heterocycles. The molecule has 2 atom stereocenters. The molecule has 1 rings (SSSR count). The van der Waals surface area contributed by atoms with Crippen molar-refractivity contribution in [1.82, 2.24) is 0 Å². The lowest BCUT2D eigenvalue weighted by Gasteiger charge is -2.34. The molecule has 1 aliphatic rings. The van der Waals surface area contributed by atoms with Crippen molar-refractivity contribution in [2.24, 2.45) is 0 Å². The Morgan fingerprint density at radius 3 is 2.33 bits per heavy atom. The molecule has 15 heavy (non-hydrogen) atoms. The summed E-state index contributed by atoms with van der Waals surface area (Å²) in [5, 5.41) is 8.87. The smallest absolute Gasteiger partial charge is 0.180 e. The minimum atomic E-state index is -0.348. The van der Waals surface area contributed by atoms with Crippen LogP contribution in [0.15, 0.2) is 12.2 Å². The predicted molar refractivity (Wildman–Crippen MR) is 59.6 cm³/mol. The van der Waals surface area contributed by atoms with E-state index in [9.17, 15) is 0 Å². The van der Waals surface area contributed by atoms with Crippen LogP contribution in [-0.2, 0) is 9.47 Å². The highest BCUT2D eigenvalue weighted by molar-refractivity contribution is 5.05. The SMILES string of the molecule is C=C(C)C1OC(C)(C)C(C)(CCCO)O1. The summed E-state index contributed by atoms with van der Waals surface area (Å²) < 4.78 is 11.7. The largest absolute Gasteiger partial charge is 0.396 e. The van der Waals surface area contributed by atoms with E-state index in [1.807, 2.05) is 27.7 Å². The van der Waals surface area contributed by atoms with Gasteiger partial charge in [-0.2, -0.15) is 0 Å². The second-order valence-electron chi connectivity index (χ2n) is 4.98. The molecule has 1 aliphatic heterocycles. The molecule has 0 aromatic heterocycles. The van der Waals surface area contributed by atoms with Crippen molar-refractivity contribution in [3.8, 4) is 0 Å². The highest BCUT2D eigenvalue weighted by atomic mass is 16.7. The van der Waals surface area contributed by atoms with E-state index in [0.717, 1.165) is 18.4 Å².